The van der Waals surface area contributed by atoms with E-state index in [0.29, 0.717) is 0 Å². The first-order valence-electron chi connectivity index (χ1n) is 19.0. The van der Waals surface area contributed by atoms with E-state index >= 15 is 0 Å². The first-order valence-corrected chi connectivity index (χ1v) is 21.8. The minimum atomic E-state index is -2.21. The van der Waals surface area contributed by atoms with Crippen molar-refractivity contribution < 1.29 is 0 Å². The molecule has 1 heterocycles. The lowest BCUT2D eigenvalue weighted by Crippen LogP contribution is -2.37. The molecule has 0 saturated heterocycles. The van der Waals surface area contributed by atoms with Crippen LogP contribution in [0.3, 0.4) is 0 Å². The van der Waals surface area contributed by atoms with E-state index in [1.54, 1.807) is 0 Å². The summed E-state index contributed by atoms with van der Waals surface area (Å²) in [4.78, 5) is 2.48. The van der Waals surface area contributed by atoms with Crippen molar-refractivity contribution in [3.05, 3.63) is 203 Å². The monoisotopic (exact) mass is 735 g/mol. The quantitative estimate of drug-likeness (QED) is 0.162. The molecular weight excluding hydrogens is 690 g/mol. The van der Waals surface area contributed by atoms with E-state index in [-0.39, 0.29) is 16.2 Å². The fourth-order valence-corrected chi connectivity index (χ4v) is 13.1. The normalized spacial score (nSPS) is 16.1. The Hall–Kier alpha value is -5.01. The van der Waals surface area contributed by atoms with Gasteiger partial charge in [0.15, 0.2) is 0 Å². The van der Waals surface area contributed by atoms with Gasteiger partial charge in [0, 0.05) is 28.0 Å². The van der Waals surface area contributed by atoms with Crippen LogP contribution < -0.4 is 20.8 Å². The third-order valence-corrected chi connectivity index (χ3v) is 17.4. The van der Waals surface area contributed by atoms with Crippen molar-refractivity contribution in [2.24, 2.45) is 0 Å². The first kappa shape index (κ1) is 34.7. The molecule has 0 saturated carbocycles. The maximum absolute atomic E-state index is 6.64. The maximum atomic E-state index is 6.64. The van der Waals surface area contributed by atoms with Gasteiger partial charge < -0.3 is 4.90 Å². The molecule has 0 radical (unpaired) electrons. The summed E-state index contributed by atoms with van der Waals surface area (Å²) in [6, 6.07) is 60.5. The lowest BCUT2D eigenvalue weighted by Gasteiger charge is -2.46. The van der Waals surface area contributed by atoms with Crippen LogP contribution >= 0.6 is 6.04 Å². The van der Waals surface area contributed by atoms with Crippen molar-refractivity contribution >= 4 is 50.8 Å². The molecule has 7 aromatic rings. The molecule has 1 aliphatic carbocycles. The Kier molecular flexibility index (Phi) is 8.06. The number of hydrogen-bond acceptors (Lipinski definition) is 2. The molecule has 1 aliphatic heterocycles. The van der Waals surface area contributed by atoms with Gasteiger partial charge in [0.2, 0.25) is 0 Å². The minimum absolute atomic E-state index is 0.0874. The molecule has 3 heteroatoms. The molecule has 0 N–H and O–H groups in total. The lowest BCUT2D eigenvalue weighted by molar-refractivity contribution is 0.521. The summed E-state index contributed by atoms with van der Waals surface area (Å²) in [6.07, 6.45) is 0. The van der Waals surface area contributed by atoms with E-state index in [1.165, 1.54) is 77.5 Å². The molecule has 0 unspecified atom stereocenters. The zero-order valence-corrected chi connectivity index (χ0v) is 33.7. The van der Waals surface area contributed by atoms with Gasteiger partial charge in [-0.1, -0.05) is 193 Å². The molecule has 54 heavy (non-hydrogen) atoms. The van der Waals surface area contributed by atoms with Crippen LogP contribution in [0.5, 0.6) is 0 Å². The number of benzene rings is 7. The van der Waals surface area contributed by atoms with Gasteiger partial charge in [-0.2, -0.15) is 0 Å². The Morgan fingerprint density at radius 3 is 1.31 bits per heavy atom. The SMILES string of the molecule is CC1(C)c2ccccc2N(c2ccc3c(c2)C(C)(C)c2ccc(-c4ccc(P(=S)(c5ccccc5)c5ccccc5)cc4)cc2C3(C)C)c2ccccc21. The minimum Gasteiger partial charge on any atom is -0.310 e. The largest absolute Gasteiger partial charge is 0.310 e. The van der Waals surface area contributed by atoms with E-state index in [2.05, 4.69) is 216 Å². The molecule has 0 amide bonds. The maximum Gasteiger partial charge on any atom is 0.0502 e. The van der Waals surface area contributed by atoms with Crippen molar-refractivity contribution in [1.29, 1.82) is 0 Å². The highest BCUT2D eigenvalue weighted by atomic mass is 32.4. The number of rotatable bonds is 5. The van der Waals surface area contributed by atoms with Crippen LogP contribution in [0.25, 0.3) is 11.1 Å². The Bertz CT molecular complexity index is 2510. The number of para-hydroxylation sites is 2. The zero-order chi connectivity index (χ0) is 37.5. The summed E-state index contributed by atoms with van der Waals surface area (Å²) in [7, 11) is 0. The van der Waals surface area contributed by atoms with Crippen molar-refractivity contribution in [3.8, 4) is 11.1 Å². The fraction of sp³-hybridized carbons (Fsp3) is 0.176. The highest BCUT2D eigenvalue weighted by Crippen LogP contribution is 2.55. The second-order valence-electron chi connectivity index (χ2n) is 16.6. The van der Waals surface area contributed by atoms with Crippen LogP contribution in [0.4, 0.5) is 17.1 Å². The summed E-state index contributed by atoms with van der Waals surface area (Å²) in [5, 5.41) is 3.65. The average molecular weight is 736 g/mol. The van der Waals surface area contributed by atoms with E-state index < -0.39 is 6.04 Å². The smallest absolute Gasteiger partial charge is 0.0502 e. The third kappa shape index (κ3) is 5.14. The van der Waals surface area contributed by atoms with Gasteiger partial charge in [-0.15, -0.1) is 0 Å². The molecule has 0 atom stereocenters. The summed E-state index contributed by atoms with van der Waals surface area (Å²) >= 11 is 6.64. The van der Waals surface area contributed by atoms with Crippen molar-refractivity contribution in [1.82, 2.24) is 0 Å². The molecule has 0 spiro atoms. The van der Waals surface area contributed by atoms with Crippen LogP contribution in [0.2, 0.25) is 0 Å². The van der Waals surface area contributed by atoms with Crippen LogP contribution in [-0.4, -0.2) is 0 Å². The van der Waals surface area contributed by atoms with Crippen molar-refractivity contribution in [3.63, 3.8) is 0 Å². The summed E-state index contributed by atoms with van der Waals surface area (Å²) in [5.74, 6) is 0. The van der Waals surface area contributed by atoms with Gasteiger partial charge in [-0.3, -0.25) is 0 Å². The molecular formula is C51H46NPS. The van der Waals surface area contributed by atoms with Crippen molar-refractivity contribution in [2.45, 2.75) is 57.8 Å². The van der Waals surface area contributed by atoms with E-state index in [9.17, 15) is 0 Å². The van der Waals surface area contributed by atoms with Gasteiger partial charge in [-0.05, 0) is 90.8 Å². The number of anilines is 3. The second kappa shape index (κ2) is 12.5. The third-order valence-electron chi connectivity index (χ3n) is 12.4. The number of fused-ring (bicyclic) bond motifs is 4. The van der Waals surface area contributed by atoms with E-state index in [0.717, 1.165) is 0 Å². The Morgan fingerprint density at radius 1 is 0.370 bits per heavy atom. The number of hydrogen-bond donors (Lipinski definition) is 0. The molecule has 0 aromatic heterocycles. The number of nitrogens with zero attached hydrogens (tertiary/aromatic N) is 1. The second-order valence-corrected chi connectivity index (χ2v) is 21.0. The topological polar surface area (TPSA) is 3.24 Å². The summed E-state index contributed by atoms with van der Waals surface area (Å²) < 4.78 is 0. The van der Waals surface area contributed by atoms with Crippen LogP contribution in [-0.2, 0) is 28.1 Å². The molecule has 0 fully saturated rings. The molecule has 9 rings (SSSR count). The van der Waals surface area contributed by atoms with Gasteiger partial charge in [0.05, 0.1) is 11.4 Å². The molecule has 2 aliphatic rings. The van der Waals surface area contributed by atoms with Gasteiger partial charge in [0.1, 0.15) is 0 Å². The van der Waals surface area contributed by atoms with Crippen molar-refractivity contribution in [2.75, 3.05) is 4.90 Å². The lowest BCUT2D eigenvalue weighted by atomic mass is 9.59. The van der Waals surface area contributed by atoms with E-state index in [1.807, 2.05) is 0 Å². The van der Waals surface area contributed by atoms with Gasteiger partial charge in [-0.25, -0.2) is 0 Å². The van der Waals surface area contributed by atoms with Crippen LogP contribution in [0.15, 0.2) is 170 Å². The Labute approximate surface area is 326 Å². The van der Waals surface area contributed by atoms with Crippen LogP contribution in [0, 0.1) is 0 Å². The highest BCUT2D eigenvalue weighted by molar-refractivity contribution is 8.25. The highest BCUT2D eigenvalue weighted by Gasteiger charge is 2.43. The molecule has 0 bridgehead atoms. The standard InChI is InChI=1S/C51H46NPS/c1-49(2)42-32-28-37(52-47-23-15-13-21-43(47)51(5,6)44-22-14-16-24-48(44)52)34-46(42)50(3,4)41-31-27-36(33-45(41)49)35-25-29-40(30-26-35)53(54,38-17-9-7-10-18-38)39-19-11-8-12-20-39/h7-34H,1-6H3. The van der Waals surface area contributed by atoms with Gasteiger partial charge in [0.25, 0.3) is 0 Å². The fourth-order valence-electron chi connectivity index (χ4n) is 9.34. The predicted octanol–water partition coefficient (Wildman–Crippen LogP) is 12.2. The summed E-state index contributed by atoms with van der Waals surface area (Å²) in [5.41, 5.74) is 14.0. The van der Waals surface area contributed by atoms with Gasteiger partial charge >= 0.3 is 0 Å². The Balaban J connectivity index is 1.11. The first-order chi connectivity index (χ1) is 25.9. The Morgan fingerprint density at radius 2 is 0.778 bits per heavy atom. The summed E-state index contributed by atoms with van der Waals surface area (Å²) in [6.45, 7) is 14.3. The molecule has 266 valence electrons. The zero-order valence-electron chi connectivity index (χ0n) is 32.0. The van der Waals surface area contributed by atoms with Crippen LogP contribution in [0.1, 0.15) is 74.9 Å². The average Bonchev–Trinajstić information content (AvgIpc) is 3.21. The predicted molar refractivity (Wildman–Crippen MR) is 235 cm³/mol. The van der Waals surface area contributed by atoms with E-state index in [4.69, 9.17) is 11.8 Å². The molecule has 1 nitrogen and oxygen atoms in total. The molecule has 7 aromatic carbocycles.